The number of halogens is 3. The van der Waals surface area contributed by atoms with Crippen molar-refractivity contribution in [2.75, 3.05) is 11.9 Å². The number of amides is 1. The fourth-order valence-corrected chi connectivity index (χ4v) is 1.60. The molecule has 0 aliphatic carbocycles. The first-order valence-corrected chi connectivity index (χ1v) is 6.15. The van der Waals surface area contributed by atoms with Gasteiger partial charge in [0.1, 0.15) is 6.61 Å². The zero-order chi connectivity index (χ0) is 13.2. The van der Waals surface area contributed by atoms with E-state index in [9.17, 15) is 4.79 Å². The van der Waals surface area contributed by atoms with Gasteiger partial charge in [0.05, 0.1) is 0 Å². The van der Waals surface area contributed by atoms with E-state index in [0.717, 1.165) is 10.9 Å². The van der Waals surface area contributed by atoms with Crippen molar-refractivity contribution in [1.29, 1.82) is 0 Å². The van der Waals surface area contributed by atoms with Crippen LogP contribution in [0.4, 0.5) is 10.5 Å². The predicted molar refractivity (Wildman–Crippen MR) is 73.6 cm³/mol. The third-order valence-electron chi connectivity index (χ3n) is 2.17. The summed E-state index contributed by atoms with van der Waals surface area (Å²) in [6.07, 6.45) is 1.14. The Kier molecular flexibility index (Phi) is 3.90. The summed E-state index contributed by atoms with van der Waals surface area (Å²) in [7, 11) is 0. The average molecular weight is 308 g/mol. The molecule has 0 aliphatic rings. The van der Waals surface area contributed by atoms with Crippen molar-refractivity contribution >= 4 is 57.5 Å². The maximum Gasteiger partial charge on any atom is 0.411 e. The Balaban J connectivity index is 1.98. The normalized spacial score (nSPS) is 11.5. The van der Waals surface area contributed by atoms with Crippen molar-refractivity contribution in [3.05, 3.63) is 30.5 Å². The number of rotatable bonds is 2. The van der Waals surface area contributed by atoms with Crippen LogP contribution in [-0.4, -0.2) is 21.5 Å². The number of hydrogen-bond donors (Lipinski definition) is 2. The summed E-state index contributed by atoms with van der Waals surface area (Å²) in [6.45, 7) is -0.310. The fourth-order valence-electron chi connectivity index (χ4n) is 1.43. The van der Waals surface area contributed by atoms with Crippen molar-refractivity contribution < 1.29 is 9.53 Å². The highest BCUT2D eigenvalue weighted by atomic mass is 35.6. The number of nitrogens with one attached hydrogen (secondary N) is 2. The van der Waals surface area contributed by atoms with Crippen LogP contribution in [0.1, 0.15) is 0 Å². The third-order valence-corrected chi connectivity index (χ3v) is 2.49. The van der Waals surface area contributed by atoms with Crippen LogP contribution in [0.3, 0.4) is 0 Å². The SMILES string of the molecule is O=C(Nc1ccc2[nH]ccc2c1)OCC(Cl)(Cl)Cl. The van der Waals surface area contributed by atoms with Gasteiger partial charge in [0.15, 0.2) is 0 Å². The van der Waals surface area contributed by atoms with Crippen LogP contribution in [0, 0.1) is 0 Å². The second kappa shape index (κ2) is 5.26. The third kappa shape index (κ3) is 3.70. The standard InChI is InChI=1S/C11H9Cl3N2O2/c12-11(13,14)6-18-10(17)16-8-1-2-9-7(5-8)3-4-15-9/h1-5,15H,6H2,(H,16,17). The lowest BCUT2D eigenvalue weighted by atomic mass is 10.2. The molecule has 1 aromatic carbocycles. The largest absolute Gasteiger partial charge is 0.445 e. The molecule has 96 valence electrons. The number of benzene rings is 1. The minimum absolute atomic E-state index is 0.310. The molecule has 0 spiro atoms. The molecule has 1 aromatic heterocycles. The molecule has 0 unspecified atom stereocenters. The Morgan fingerprint density at radius 2 is 2.11 bits per heavy atom. The molecule has 0 fully saturated rings. The minimum Gasteiger partial charge on any atom is -0.445 e. The molecule has 1 amide bonds. The van der Waals surface area contributed by atoms with E-state index < -0.39 is 9.89 Å². The average Bonchev–Trinajstić information content (AvgIpc) is 2.72. The second-order valence-electron chi connectivity index (χ2n) is 3.60. The first-order chi connectivity index (χ1) is 8.44. The highest BCUT2D eigenvalue weighted by molar-refractivity contribution is 6.67. The number of anilines is 1. The van der Waals surface area contributed by atoms with Gasteiger partial charge in [-0.25, -0.2) is 4.79 Å². The Labute approximate surface area is 118 Å². The number of alkyl halides is 3. The van der Waals surface area contributed by atoms with Crippen molar-refractivity contribution in [3.8, 4) is 0 Å². The van der Waals surface area contributed by atoms with Gasteiger partial charge in [-0.15, -0.1) is 0 Å². The lowest BCUT2D eigenvalue weighted by molar-refractivity contribution is 0.164. The Morgan fingerprint density at radius 3 is 2.83 bits per heavy atom. The van der Waals surface area contributed by atoms with Crippen LogP contribution in [0.15, 0.2) is 30.5 Å². The maximum atomic E-state index is 11.4. The van der Waals surface area contributed by atoms with Gasteiger partial charge in [0, 0.05) is 22.8 Å². The van der Waals surface area contributed by atoms with E-state index in [2.05, 4.69) is 10.3 Å². The van der Waals surface area contributed by atoms with Crippen LogP contribution < -0.4 is 5.32 Å². The van der Waals surface area contributed by atoms with E-state index >= 15 is 0 Å². The number of ether oxygens (including phenoxy) is 1. The van der Waals surface area contributed by atoms with Gasteiger partial charge in [0.2, 0.25) is 3.79 Å². The molecular weight excluding hydrogens is 298 g/mol. The molecule has 1 heterocycles. The van der Waals surface area contributed by atoms with Crippen molar-refractivity contribution in [2.45, 2.75) is 3.79 Å². The molecule has 2 aromatic rings. The van der Waals surface area contributed by atoms with Gasteiger partial charge >= 0.3 is 6.09 Å². The van der Waals surface area contributed by atoms with Crippen molar-refractivity contribution in [1.82, 2.24) is 4.98 Å². The molecule has 18 heavy (non-hydrogen) atoms. The predicted octanol–water partition coefficient (Wildman–Crippen LogP) is 4.09. The summed E-state index contributed by atoms with van der Waals surface area (Å²) >= 11 is 16.4. The molecule has 4 nitrogen and oxygen atoms in total. The van der Waals surface area contributed by atoms with Gasteiger partial charge in [-0.3, -0.25) is 5.32 Å². The molecule has 0 saturated carbocycles. The Hall–Kier alpha value is -1.10. The van der Waals surface area contributed by atoms with Gasteiger partial charge in [-0.05, 0) is 24.3 Å². The molecule has 0 saturated heterocycles. The minimum atomic E-state index is -1.61. The molecular formula is C11H9Cl3N2O2. The van der Waals surface area contributed by atoms with E-state index in [1.807, 2.05) is 24.4 Å². The molecule has 0 bridgehead atoms. The summed E-state index contributed by atoms with van der Waals surface area (Å²) < 4.78 is 3.14. The van der Waals surface area contributed by atoms with Crippen molar-refractivity contribution in [3.63, 3.8) is 0 Å². The summed E-state index contributed by atoms with van der Waals surface area (Å²) in [6, 6.07) is 7.30. The summed E-state index contributed by atoms with van der Waals surface area (Å²) in [5, 5.41) is 3.53. The molecule has 0 aliphatic heterocycles. The maximum absolute atomic E-state index is 11.4. The zero-order valence-corrected chi connectivity index (χ0v) is 11.3. The van der Waals surface area contributed by atoms with E-state index in [1.54, 1.807) is 6.07 Å². The summed E-state index contributed by atoms with van der Waals surface area (Å²) in [5.41, 5.74) is 1.59. The molecule has 2 rings (SSSR count). The smallest absolute Gasteiger partial charge is 0.411 e. The highest BCUT2D eigenvalue weighted by Crippen LogP contribution is 2.26. The number of carbonyl (C=O) groups excluding carboxylic acids is 1. The van der Waals surface area contributed by atoms with Crippen LogP contribution in [0.2, 0.25) is 0 Å². The number of hydrogen-bond acceptors (Lipinski definition) is 2. The molecule has 7 heteroatoms. The van der Waals surface area contributed by atoms with E-state index in [1.165, 1.54) is 0 Å². The number of H-pyrrole nitrogens is 1. The van der Waals surface area contributed by atoms with Crippen LogP contribution >= 0.6 is 34.8 Å². The van der Waals surface area contributed by atoms with Gasteiger partial charge < -0.3 is 9.72 Å². The zero-order valence-electron chi connectivity index (χ0n) is 9.04. The fraction of sp³-hybridized carbons (Fsp3) is 0.182. The van der Waals surface area contributed by atoms with E-state index in [4.69, 9.17) is 39.5 Å². The number of carbonyl (C=O) groups is 1. The quantitative estimate of drug-likeness (QED) is 0.821. The molecule has 0 atom stereocenters. The topological polar surface area (TPSA) is 54.1 Å². The monoisotopic (exact) mass is 306 g/mol. The molecule has 0 radical (unpaired) electrons. The number of aromatic nitrogens is 1. The van der Waals surface area contributed by atoms with Crippen LogP contribution in [0.25, 0.3) is 10.9 Å². The first kappa shape index (κ1) is 13.3. The van der Waals surface area contributed by atoms with Crippen molar-refractivity contribution in [2.24, 2.45) is 0 Å². The Bertz CT molecular complexity index is 563. The van der Waals surface area contributed by atoms with E-state index in [-0.39, 0.29) is 6.61 Å². The lowest BCUT2D eigenvalue weighted by Gasteiger charge is -2.12. The van der Waals surface area contributed by atoms with E-state index in [0.29, 0.717) is 5.69 Å². The highest BCUT2D eigenvalue weighted by Gasteiger charge is 2.22. The Morgan fingerprint density at radius 1 is 1.33 bits per heavy atom. The first-order valence-electron chi connectivity index (χ1n) is 5.02. The number of fused-ring (bicyclic) bond motifs is 1. The lowest BCUT2D eigenvalue weighted by Crippen LogP contribution is -2.21. The van der Waals surface area contributed by atoms with Crippen LogP contribution in [-0.2, 0) is 4.74 Å². The second-order valence-corrected chi connectivity index (χ2v) is 6.11. The summed E-state index contributed by atoms with van der Waals surface area (Å²) in [5.74, 6) is 0. The van der Waals surface area contributed by atoms with Gasteiger partial charge in [0.25, 0.3) is 0 Å². The van der Waals surface area contributed by atoms with Gasteiger partial charge in [-0.1, -0.05) is 34.8 Å². The van der Waals surface area contributed by atoms with Crippen LogP contribution in [0.5, 0.6) is 0 Å². The summed E-state index contributed by atoms with van der Waals surface area (Å²) in [4.78, 5) is 14.5. The van der Waals surface area contributed by atoms with Gasteiger partial charge in [-0.2, -0.15) is 0 Å². The molecule has 2 N–H and O–H groups in total. The number of aromatic amines is 1.